The van der Waals surface area contributed by atoms with E-state index in [1.807, 2.05) is 24.3 Å². The van der Waals surface area contributed by atoms with Gasteiger partial charge in [-0.05, 0) is 30.5 Å². The number of rotatable bonds is 7. The quantitative estimate of drug-likeness (QED) is 0.342. The summed E-state index contributed by atoms with van der Waals surface area (Å²) in [7, 11) is 1.65. The maximum absolute atomic E-state index is 8.59. The second kappa shape index (κ2) is 5.93. The van der Waals surface area contributed by atoms with Gasteiger partial charge in [-0.25, -0.2) is 0 Å². The van der Waals surface area contributed by atoms with Gasteiger partial charge in [-0.2, -0.15) is 0 Å². The zero-order chi connectivity index (χ0) is 13.7. The predicted octanol–water partition coefficient (Wildman–Crippen LogP) is 2.13. The van der Waals surface area contributed by atoms with Gasteiger partial charge in [-0.3, -0.25) is 0 Å². The molecule has 5 heteroatoms. The summed E-state index contributed by atoms with van der Waals surface area (Å²) in [5.74, 6) is 1.12. The average molecular weight is 264 g/mol. The van der Waals surface area contributed by atoms with Gasteiger partial charge in [0.25, 0.3) is 0 Å². The summed E-state index contributed by atoms with van der Waals surface area (Å²) in [5.41, 5.74) is 6.74. The Labute approximate surface area is 113 Å². The Morgan fingerprint density at radius 2 is 2.05 bits per heavy atom. The number of benzene rings is 1. The molecule has 1 saturated carbocycles. The lowest BCUT2D eigenvalue weighted by Gasteiger charge is -2.14. The molecule has 0 saturated heterocycles. The minimum absolute atomic E-state index is 0.0861. The van der Waals surface area contributed by atoms with Gasteiger partial charge in [0, 0.05) is 11.8 Å². The first kappa shape index (κ1) is 13.7. The van der Waals surface area contributed by atoms with E-state index in [4.69, 9.17) is 20.4 Å². The first-order valence-electron chi connectivity index (χ1n) is 6.34. The van der Waals surface area contributed by atoms with Crippen molar-refractivity contribution in [2.45, 2.75) is 25.9 Å². The molecule has 0 bridgehead atoms. The van der Waals surface area contributed by atoms with Gasteiger partial charge in [-0.15, -0.1) is 0 Å². The van der Waals surface area contributed by atoms with E-state index in [1.54, 1.807) is 7.11 Å². The zero-order valence-corrected chi connectivity index (χ0v) is 11.1. The lowest BCUT2D eigenvalue weighted by Crippen LogP contribution is -2.21. The normalized spacial score (nSPS) is 17.2. The van der Waals surface area contributed by atoms with Gasteiger partial charge in [0.1, 0.15) is 11.6 Å². The highest BCUT2D eigenvalue weighted by atomic mass is 16.5. The third-order valence-corrected chi connectivity index (χ3v) is 3.48. The molecule has 0 spiro atoms. The van der Waals surface area contributed by atoms with Crippen LogP contribution >= 0.6 is 0 Å². The molecule has 0 aliphatic heterocycles. The van der Waals surface area contributed by atoms with Crippen LogP contribution in [0.5, 0.6) is 5.75 Å². The van der Waals surface area contributed by atoms with Crippen molar-refractivity contribution in [2.24, 2.45) is 16.3 Å². The van der Waals surface area contributed by atoms with E-state index < -0.39 is 0 Å². The summed E-state index contributed by atoms with van der Waals surface area (Å²) in [6.45, 7) is 1.22. The lowest BCUT2D eigenvalue weighted by molar-refractivity contribution is 0.0800. The van der Waals surface area contributed by atoms with Gasteiger partial charge in [-0.1, -0.05) is 17.3 Å². The number of nitrogens with two attached hydrogens (primary N) is 1. The van der Waals surface area contributed by atoms with E-state index in [2.05, 4.69) is 5.16 Å². The Morgan fingerprint density at radius 3 is 2.58 bits per heavy atom. The highest BCUT2D eigenvalue weighted by Crippen LogP contribution is 2.49. The number of amidine groups is 1. The maximum atomic E-state index is 8.59. The minimum Gasteiger partial charge on any atom is -0.497 e. The fourth-order valence-electron chi connectivity index (χ4n) is 2.08. The monoisotopic (exact) mass is 264 g/mol. The second-order valence-corrected chi connectivity index (χ2v) is 5.11. The minimum atomic E-state index is 0.0861. The van der Waals surface area contributed by atoms with Crippen LogP contribution in [0.3, 0.4) is 0 Å². The molecule has 19 heavy (non-hydrogen) atoms. The molecule has 1 aliphatic carbocycles. The largest absolute Gasteiger partial charge is 0.497 e. The van der Waals surface area contributed by atoms with Crippen molar-refractivity contribution in [3.63, 3.8) is 0 Å². The summed E-state index contributed by atoms with van der Waals surface area (Å²) >= 11 is 0. The van der Waals surface area contributed by atoms with Gasteiger partial charge >= 0.3 is 0 Å². The van der Waals surface area contributed by atoms with Gasteiger partial charge in [0.05, 0.1) is 20.3 Å². The molecule has 1 fully saturated rings. The molecule has 0 unspecified atom stereocenters. The molecular weight excluding hydrogens is 244 g/mol. The molecule has 1 aliphatic rings. The molecule has 104 valence electrons. The van der Waals surface area contributed by atoms with Gasteiger partial charge < -0.3 is 20.4 Å². The molecule has 5 nitrogen and oxygen atoms in total. The third kappa shape index (κ3) is 3.86. The number of hydrogen-bond donors (Lipinski definition) is 2. The molecule has 0 atom stereocenters. The zero-order valence-electron chi connectivity index (χ0n) is 11.1. The molecule has 2 rings (SSSR count). The van der Waals surface area contributed by atoms with E-state index in [0.717, 1.165) is 24.2 Å². The maximum Gasteiger partial charge on any atom is 0.139 e. The molecule has 0 radical (unpaired) electrons. The van der Waals surface area contributed by atoms with Crippen LogP contribution in [0.4, 0.5) is 0 Å². The Bertz CT molecular complexity index is 439. The molecule has 0 amide bonds. The van der Waals surface area contributed by atoms with Crippen LogP contribution in [-0.2, 0) is 11.3 Å². The first-order chi connectivity index (χ1) is 9.17. The van der Waals surface area contributed by atoms with Crippen LogP contribution in [0, 0.1) is 5.41 Å². The van der Waals surface area contributed by atoms with Crippen LogP contribution < -0.4 is 10.5 Å². The van der Waals surface area contributed by atoms with E-state index in [0.29, 0.717) is 19.6 Å². The van der Waals surface area contributed by atoms with Crippen LogP contribution in [0.15, 0.2) is 29.4 Å². The topological polar surface area (TPSA) is 77.1 Å². The van der Waals surface area contributed by atoms with Gasteiger partial charge in [0.2, 0.25) is 0 Å². The van der Waals surface area contributed by atoms with Crippen LogP contribution in [0.1, 0.15) is 24.8 Å². The molecule has 3 N–H and O–H groups in total. The smallest absolute Gasteiger partial charge is 0.139 e. The van der Waals surface area contributed by atoms with Crippen molar-refractivity contribution < 1.29 is 14.7 Å². The van der Waals surface area contributed by atoms with E-state index in [9.17, 15) is 0 Å². The van der Waals surface area contributed by atoms with Gasteiger partial charge in [0.15, 0.2) is 0 Å². The average Bonchev–Trinajstić information content (AvgIpc) is 3.19. The van der Waals surface area contributed by atoms with Crippen molar-refractivity contribution in [2.75, 3.05) is 13.7 Å². The Kier molecular flexibility index (Phi) is 4.27. The van der Waals surface area contributed by atoms with E-state index >= 15 is 0 Å². The number of oxime groups is 1. The number of hydrogen-bond acceptors (Lipinski definition) is 4. The molecular formula is C14H20N2O3. The summed E-state index contributed by atoms with van der Waals surface area (Å²) in [6.07, 6.45) is 2.75. The van der Waals surface area contributed by atoms with Crippen molar-refractivity contribution in [1.29, 1.82) is 0 Å². The van der Waals surface area contributed by atoms with Crippen LogP contribution in [-0.4, -0.2) is 24.8 Å². The molecule has 0 heterocycles. The predicted molar refractivity (Wildman–Crippen MR) is 72.3 cm³/mol. The van der Waals surface area contributed by atoms with E-state index in [-0.39, 0.29) is 11.3 Å². The Balaban J connectivity index is 1.77. The van der Waals surface area contributed by atoms with E-state index in [1.165, 1.54) is 0 Å². The number of nitrogens with zero attached hydrogens (tertiary/aromatic N) is 1. The summed E-state index contributed by atoms with van der Waals surface area (Å²) in [4.78, 5) is 0. The summed E-state index contributed by atoms with van der Waals surface area (Å²) in [6, 6.07) is 7.81. The first-order valence-corrected chi connectivity index (χ1v) is 6.34. The van der Waals surface area contributed by atoms with Crippen molar-refractivity contribution in [1.82, 2.24) is 0 Å². The lowest BCUT2D eigenvalue weighted by atomic mass is 10.0. The second-order valence-electron chi connectivity index (χ2n) is 5.11. The molecule has 1 aromatic carbocycles. The highest BCUT2D eigenvalue weighted by molar-refractivity contribution is 5.80. The fourth-order valence-corrected chi connectivity index (χ4v) is 2.08. The Hall–Kier alpha value is -1.75. The number of ether oxygens (including phenoxy) is 2. The highest BCUT2D eigenvalue weighted by Gasteiger charge is 2.43. The fraction of sp³-hybridized carbons (Fsp3) is 0.500. The van der Waals surface area contributed by atoms with Crippen molar-refractivity contribution in [3.8, 4) is 5.75 Å². The molecule has 1 aromatic rings. The van der Waals surface area contributed by atoms with Crippen molar-refractivity contribution >= 4 is 5.84 Å². The molecule has 0 aromatic heterocycles. The number of methoxy groups -OCH3 is 1. The van der Waals surface area contributed by atoms with Crippen molar-refractivity contribution in [3.05, 3.63) is 29.8 Å². The SMILES string of the molecule is COc1ccc(COCC2(CC(N)=NO)CC2)cc1. The standard InChI is InChI=1S/C14H20N2O3/c1-18-12-4-2-11(3-5-12)9-19-10-14(6-7-14)8-13(15)16-17/h2-5,17H,6-10H2,1H3,(H2,15,16). The summed E-state index contributed by atoms with van der Waals surface area (Å²) < 4.78 is 10.8. The third-order valence-electron chi connectivity index (χ3n) is 3.48. The Morgan fingerprint density at radius 1 is 1.37 bits per heavy atom. The van der Waals surface area contributed by atoms with Crippen LogP contribution in [0.2, 0.25) is 0 Å². The summed E-state index contributed by atoms with van der Waals surface area (Å²) in [5, 5.41) is 11.6. The van der Waals surface area contributed by atoms with Crippen LogP contribution in [0.25, 0.3) is 0 Å².